The largest absolute Gasteiger partial charge is 0.432 e. The molecule has 0 radical (unpaired) electrons. The molecule has 1 unspecified atom stereocenters. The Kier molecular flexibility index (Phi) is 3.29. The van der Waals surface area contributed by atoms with E-state index in [4.69, 9.17) is 0 Å². The molecule has 1 aliphatic rings. The molecular formula is C8H14N2O4. The van der Waals surface area contributed by atoms with E-state index in [2.05, 4.69) is 10.2 Å². The van der Waals surface area contributed by atoms with Gasteiger partial charge in [0.15, 0.2) is 6.23 Å². The lowest BCUT2D eigenvalue weighted by Crippen LogP contribution is -2.41. The second-order valence-electron chi connectivity index (χ2n) is 3.42. The van der Waals surface area contributed by atoms with Crippen LogP contribution in [0.5, 0.6) is 0 Å². The van der Waals surface area contributed by atoms with Crippen molar-refractivity contribution in [3.05, 3.63) is 0 Å². The highest BCUT2D eigenvalue weighted by Crippen LogP contribution is 2.16. The predicted octanol–water partition coefficient (Wildman–Crippen LogP) is -0.0232. The number of carbonyl (C=O) groups is 2. The number of hydroxylamine groups is 2. The highest BCUT2D eigenvalue weighted by atomic mass is 16.7. The molecule has 0 bridgehead atoms. The van der Waals surface area contributed by atoms with E-state index in [1.165, 1.54) is 0 Å². The van der Waals surface area contributed by atoms with E-state index in [-0.39, 0.29) is 18.4 Å². The maximum absolute atomic E-state index is 11.1. The topological polar surface area (TPSA) is 78.9 Å². The summed E-state index contributed by atoms with van der Waals surface area (Å²) in [6, 6.07) is -0.0719. The van der Waals surface area contributed by atoms with Gasteiger partial charge < -0.3 is 15.3 Å². The number of rotatable bonds is 2. The van der Waals surface area contributed by atoms with Crippen LogP contribution in [0, 0.1) is 0 Å². The SMILES string of the molecule is CC(C)NC(=O)ON1C(=O)CCC1O. The molecule has 1 aliphatic heterocycles. The number of nitrogens with zero attached hydrogens (tertiary/aromatic N) is 1. The number of aliphatic hydroxyl groups is 1. The fourth-order valence-corrected chi connectivity index (χ4v) is 1.11. The van der Waals surface area contributed by atoms with Crippen molar-refractivity contribution < 1.29 is 19.5 Å². The summed E-state index contributed by atoms with van der Waals surface area (Å²) in [5.41, 5.74) is 0. The third-order valence-electron chi connectivity index (χ3n) is 1.72. The van der Waals surface area contributed by atoms with Gasteiger partial charge in [-0.1, -0.05) is 0 Å². The third kappa shape index (κ3) is 2.59. The minimum Gasteiger partial charge on any atom is -0.370 e. The lowest BCUT2D eigenvalue weighted by atomic mass is 10.4. The lowest BCUT2D eigenvalue weighted by molar-refractivity contribution is -0.190. The van der Waals surface area contributed by atoms with Crippen LogP contribution in [0.25, 0.3) is 0 Å². The quantitative estimate of drug-likeness (QED) is 0.659. The summed E-state index contributed by atoms with van der Waals surface area (Å²) >= 11 is 0. The van der Waals surface area contributed by atoms with Gasteiger partial charge >= 0.3 is 6.09 Å². The highest BCUT2D eigenvalue weighted by molar-refractivity contribution is 5.79. The Balaban J connectivity index is 2.43. The number of aliphatic hydroxyl groups excluding tert-OH is 1. The lowest BCUT2D eigenvalue weighted by Gasteiger charge is -2.19. The summed E-state index contributed by atoms with van der Waals surface area (Å²) < 4.78 is 0. The first-order valence-electron chi connectivity index (χ1n) is 4.49. The number of hydrogen-bond donors (Lipinski definition) is 2. The minimum absolute atomic E-state index is 0.0719. The van der Waals surface area contributed by atoms with Gasteiger partial charge in [0.1, 0.15) is 0 Å². The summed E-state index contributed by atoms with van der Waals surface area (Å²) in [6.07, 6.45) is -1.24. The molecule has 1 saturated heterocycles. The van der Waals surface area contributed by atoms with Crippen molar-refractivity contribution in [3.63, 3.8) is 0 Å². The number of carbonyl (C=O) groups excluding carboxylic acids is 2. The van der Waals surface area contributed by atoms with E-state index in [1.807, 2.05) is 0 Å². The maximum atomic E-state index is 11.1. The Morgan fingerprint density at radius 2 is 2.36 bits per heavy atom. The Bertz CT molecular complexity index is 241. The normalized spacial score (nSPS) is 21.6. The molecule has 2 N–H and O–H groups in total. The van der Waals surface area contributed by atoms with Crippen molar-refractivity contribution in [2.45, 2.75) is 39.0 Å². The molecule has 0 aromatic carbocycles. The van der Waals surface area contributed by atoms with Gasteiger partial charge in [0.05, 0.1) is 0 Å². The van der Waals surface area contributed by atoms with Gasteiger partial charge in [0.2, 0.25) is 0 Å². The van der Waals surface area contributed by atoms with Gasteiger partial charge in [0.25, 0.3) is 5.91 Å². The van der Waals surface area contributed by atoms with E-state index < -0.39 is 12.3 Å². The third-order valence-corrected chi connectivity index (χ3v) is 1.72. The van der Waals surface area contributed by atoms with Crippen LogP contribution in [0.15, 0.2) is 0 Å². The van der Waals surface area contributed by atoms with E-state index in [0.29, 0.717) is 11.5 Å². The molecule has 6 nitrogen and oxygen atoms in total. The molecule has 1 fully saturated rings. The van der Waals surface area contributed by atoms with Gasteiger partial charge in [-0.05, 0) is 13.8 Å². The summed E-state index contributed by atoms with van der Waals surface area (Å²) in [5.74, 6) is -0.378. The standard InChI is InChI=1S/C8H14N2O4/c1-5(2)9-8(13)14-10-6(11)3-4-7(10)12/h5-6,11H,3-4H2,1-2H3,(H,9,13). The van der Waals surface area contributed by atoms with Gasteiger partial charge in [-0.3, -0.25) is 4.79 Å². The predicted molar refractivity (Wildman–Crippen MR) is 46.8 cm³/mol. The van der Waals surface area contributed by atoms with Gasteiger partial charge in [-0.25, -0.2) is 4.79 Å². The average molecular weight is 202 g/mol. The molecule has 6 heteroatoms. The van der Waals surface area contributed by atoms with Crippen molar-refractivity contribution in [2.24, 2.45) is 0 Å². The molecule has 0 spiro atoms. The van der Waals surface area contributed by atoms with Crippen LogP contribution in [-0.2, 0) is 9.63 Å². The molecule has 0 aliphatic carbocycles. The molecule has 14 heavy (non-hydrogen) atoms. The second-order valence-corrected chi connectivity index (χ2v) is 3.42. The fraction of sp³-hybridized carbons (Fsp3) is 0.750. The Morgan fingerprint density at radius 1 is 1.71 bits per heavy atom. The molecule has 1 heterocycles. The zero-order valence-electron chi connectivity index (χ0n) is 8.19. The smallest absolute Gasteiger partial charge is 0.370 e. The molecule has 1 rings (SSSR count). The molecule has 2 amide bonds. The second kappa shape index (κ2) is 4.28. The van der Waals surface area contributed by atoms with Gasteiger partial charge in [0, 0.05) is 18.9 Å². The zero-order chi connectivity index (χ0) is 10.7. The Morgan fingerprint density at radius 3 is 2.79 bits per heavy atom. The van der Waals surface area contributed by atoms with Crippen LogP contribution >= 0.6 is 0 Å². The van der Waals surface area contributed by atoms with Crippen LogP contribution in [0.3, 0.4) is 0 Å². The van der Waals surface area contributed by atoms with E-state index >= 15 is 0 Å². The van der Waals surface area contributed by atoms with Crippen LogP contribution in [-0.4, -0.2) is 34.4 Å². The molecule has 0 aromatic rings. The van der Waals surface area contributed by atoms with Crippen LogP contribution < -0.4 is 5.32 Å². The van der Waals surface area contributed by atoms with E-state index in [1.54, 1.807) is 13.8 Å². The molecule has 1 atom stereocenters. The van der Waals surface area contributed by atoms with Crippen molar-refractivity contribution in [1.29, 1.82) is 0 Å². The Hall–Kier alpha value is -1.30. The van der Waals surface area contributed by atoms with Crippen LogP contribution in [0.2, 0.25) is 0 Å². The summed E-state index contributed by atoms with van der Waals surface area (Å²) in [4.78, 5) is 26.8. The first-order valence-corrected chi connectivity index (χ1v) is 4.49. The van der Waals surface area contributed by atoms with Crippen molar-refractivity contribution >= 4 is 12.0 Å². The highest BCUT2D eigenvalue weighted by Gasteiger charge is 2.32. The molecular weight excluding hydrogens is 188 g/mol. The molecule has 0 aromatic heterocycles. The van der Waals surface area contributed by atoms with Crippen LogP contribution in [0.1, 0.15) is 26.7 Å². The first kappa shape index (κ1) is 10.8. The van der Waals surface area contributed by atoms with Crippen molar-refractivity contribution in [3.8, 4) is 0 Å². The summed E-state index contributed by atoms with van der Waals surface area (Å²) in [7, 11) is 0. The number of hydrogen-bond acceptors (Lipinski definition) is 4. The summed E-state index contributed by atoms with van der Waals surface area (Å²) in [6.45, 7) is 3.53. The molecule has 0 saturated carbocycles. The van der Waals surface area contributed by atoms with Gasteiger partial charge in [-0.2, -0.15) is 0 Å². The van der Waals surface area contributed by atoms with Gasteiger partial charge in [-0.15, -0.1) is 5.06 Å². The van der Waals surface area contributed by atoms with E-state index in [9.17, 15) is 14.7 Å². The zero-order valence-corrected chi connectivity index (χ0v) is 8.19. The van der Waals surface area contributed by atoms with E-state index in [0.717, 1.165) is 0 Å². The Labute approximate surface area is 81.8 Å². The number of amides is 2. The van der Waals surface area contributed by atoms with Crippen molar-refractivity contribution in [1.82, 2.24) is 10.4 Å². The maximum Gasteiger partial charge on any atom is 0.432 e. The summed E-state index contributed by atoms with van der Waals surface area (Å²) in [5, 5.41) is 12.4. The van der Waals surface area contributed by atoms with Crippen LogP contribution in [0.4, 0.5) is 4.79 Å². The number of nitrogens with one attached hydrogen (secondary N) is 1. The fourth-order valence-electron chi connectivity index (χ4n) is 1.11. The minimum atomic E-state index is -1.01. The average Bonchev–Trinajstić information content (AvgIpc) is 2.34. The monoisotopic (exact) mass is 202 g/mol. The van der Waals surface area contributed by atoms with Crippen molar-refractivity contribution in [2.75, 3.05) is 0 Å². The molecule has 80 valence electrons. The first-order chi connectivity index (χ1) is 6.50.